The predicted octanol–water partition coefficient (Wildman–Crippen LogP) is 3.00. The SMILES string of the molecule is CC(NC(=O)c1cc(Cl)c2c(c1)OCCO2)c1ccncc1. The largest absolute Gasteiger partial charge is 0.486 e. The molecule has 1 aliphatic heterocycles. The number of hydrogen-bond donors (Lipinski definition) is 1. The van der Waals surface area contributed by atoms with Crippen LogP contribution in [0.15, 0.2) is 36.7 Å². The minimum absolute atomic E-state index is 0.137. The number of benzene rings is 1. The lowest BCUT2D eigenvalue weighted by molar-refractivity contribution is 0.0938. The van der Waals surface area contributed by atoms with E-state index in [0.29, 0.717) is 35.3 Å². The highest BCUT2D eigenvalue weighted by atomic mass is 35.5. The van der Waals surface area contributed by atoms with Gasteiger partial charge in [-0.05, 0) is 36.8 Å². The van der Waals surface area contributed by atoms with Gasteiger partial charge < -0.3 is 14.8 Å². The van der Waals surface area contributed by atoms with Gasteiger partial charge in [0, 0.05) is 18.0 Å². The van der Waals surface area contributed by atoms with E-state index in [1.54, 1.807) is 24.5 Å². The Kier molecular flexibility index (Phi) is 4.15. The van der Waals surface area contributed by atoms with Crippen molar-refractivity contribution in [3.05, 3.63) is 52.8 Å². The van der Waals surface area contributed by atoms with Crippen molar-refractivity contribution >= 4 is 17.5 Å². The fourth-order valence-electron chi connectivity index (χ4n) is 2.26. The van der Waals surface area contributed by atoms with Gasteiger partial charge in [-0.1, -0.05) is 11.6 Å². The molecule has 1 N–H and O–H groups in total. The van der Waals surface area contributed by atoms with E-state index in [-0.39, 0.29) is 11.9 Å². The second-order valence-corrected chi connectivity index (χ2v) is 5.37. The zero-order valence-corrected chi connectivity index (χ0v) is 12.8. The number of carbonyl (C=O) groups is 1. The van der Waals surface area contributed by atoms with Gasteiger partial charge in [-0.25, -0.2) is 0 Å². The molecule has 0 aliphatic carbocycles. The van der Waals surface area contributed by atoms with Crippen LogP contribution in [0.1, 0.15) is 28.9 Å². The Morgan fingerprint density at radius 2 is 2.00 bits per heavy atom. The van der Waals surface area contributed by atoms with E-state index in [0.717, 1.165) is 5.56 Å². The monoisotopic (exact) mass is 318 g/mol. The number of amides is 1. The van der Waals surface area contributed by atoms with E-state index in [9.17, 15) is 4.79 Å². The molecule has 0 fully saturated rings. The second-order valence-electron chi connectivity index (χ2n) is 4.96. The summed E-state index contributed by atoms with van der Waals surface area (Å²) in [5.41, 5.74) is 1.42. The van der Waals surface area contributed by atoms with Gasteiger partial charge in [-0.3, -0.25) is 9.78 Å². The lowest BCUT2D eigenvalue weighted by Crippen LogP contribution is -2.27. The number of nitrogens with zero attached hydrogens (tertiary/aromatic N) is 1. The summed E-state index contributed by atoms with van der Waals surface area (Å²) in [7, 11) is 0. The molecule has 22 heavy (non-hydrogen) atoms. The number of rotatable bonds is 3. The molecule has 5 nitrogen and oxygen atoms in total. The van der Waals surface area contributed by atoms with Crippen LogP contribution in [0.5, 0.6) is 11.5 Å². The molecule has 2 heterocycles. The zero-order chi connectivity index (χ0) is 15.5. The molecule has 1 aliphatic rings. The number of halogens is 1. The molecule has 0 radical (unpaired) electrons. The smallest absolute Gasteiger partial charge is 0.251 e. The average Bonchev–Trinajstić information content (AvgIpc) is 2.55. The summed E-state index contributed by atoms with van der Waals surface area (Å²) < 4.78 is 10.9. The maximum Gasteiger partial charge on any atom is 0.251 e. The van der Waals surface area contributed by atoms with Crippen molar-refractivity contribution in [1.29, 1.82) is 0 Å². The molecule has 1 aromatic heterocycles. The number of hydrogen-bond acceptors (Lipinski definition) is 4. The van der Waals surface area contributed by atoms with Crippen LogP contribution in [0.2, 0.25) is 5.02 Å². The summed E-state index contributed by atoms with van der Waals surface area (Å²) in [6, 6.07) is 6.82. The Hall–Kier alpha value is -2.27. The predicted molar refractivity (Wildman–Crippen MR) is 82.6 cm³/mol. The summed E-state index contributed by atoms with van der Waals surface area (Å²) in [5, 5.41) is 3.30. The van der Waals surface area contributed by atoms with Crippen molar-refractivity contribution < 1.29 is 14.3 Å². The molecular formula is C16H15ClN2O3. The maximum absolute atomic E-state index is 12.4. The highest BCUT2D eigenvalue weighted by molar-refractivity contribution is 6.32. The molecule has 1 atom stereocenters. The lowest BCUT2D eigenvalue weighted by Gasteiger charge is -2.20. The third kappa shape index (κ3) is 2.99. The number of fused-ring (bicyclic) bond motifs is 1. The summed E-state index contributed by atoms with van der Waals surface area (Å²) in [6.45, 7) is 2.81. The highest BCUT2D eigenvalue weighted by Gasteiger charge is 2.20. The summed E-state index contributed by atoms with van der Waals surface area (Å²) in [4.78, 5) is 16.3. The molecule has 0 spiro atoms. The third-order valence-electron chi connectivity index (χ3n) is 3.41. The Morgan fingerprint density at radius 1 is 1.27 bits per heavy atom. The van der Waals surface area contributed by atoms with Crippen LogP contribution >= 0.6 is 11.6 Å². The van der Waals surface area contributed by atoms with E-state index in [1.165, 1.54) is 0 Å². The molecule has 1 amide bonds. The van der Waals surface area contributed by atoms with Crippen LogP contribution in [0.3, 0.4) is 0 Å². The zero-order valence-electron chi connectivity index (χ0n) is 12.0. The Labute approximate surface area is 133 Å². The van der Waals surface area contributed by atoms with Gasteiger partial charge in [0.2, 0.25) is 0 Å². The fourth-order valence-corrected chi connectivity index (χ4v) is 2.52. The van der Waals surface area contributed by atoms with Crippen LogP contribution in [-0.4, -0.2) is 24.1 Å². The lowest BCUT2D eigenvalue weighted by atomic mass is 10.1. The van der Waals surface area contributed by atoms with Crippen molar-refractivity contribution in [2.24, 2.45) is 0 Å². The molecule has 6 heteroatoms. The number of nitrogens with one attached hydrogen (secondary N) is 1. The van der Waals surface area contributed by atoms with E-state index in [2.05, 4.69) is 10.3 Å². The summed E-state index contributed by atoms with van der Waals surface area (Å²) >= 11 is 6.15. The van der Waals surface area contributed by atoms with Gasteiger partial charge in [-0.15, -0.1) is 0 Å². The maximum atomic E-state index is 12.4. The Morgan fingerprint density at radius 3 is 2.77 bits per heavy atom. The van der Waals surface area contributed by atoms with E-state index in [1.807, 2.05) is 19.1 Å². The van der Waals surface area contributed by atoms with Gasteiger partial charge in [0.1, 0.15) is 13.2 Å². The second kappa shape index (κ2) is 6.23. The first-order valence-electron chi connectivity index (χ1n) is 6.95. The van der Waals surface area contributed by atoms with Crippen LogP contribution in [0.25, 0.3) is 0 Å². The van der Waals surface area contributed by atoms with Gasteiger partial charge in [0.05, 0.1) is 11.1 Å². The number of carbonyl (C=O) groups excluding carboxylic acids is 1. The standard InChI is InChI=1S/C16H15ClN2O3/c1-10(11-2-4-18-5-3-11)19-16(20)12-8-13(17)15-14(9-12)21-6-7-22-15/h2-5,8-10H,6-7H2,1H3,(H,19,20). The number of aromatic nitrogens is 1. The van der Waals surface area contributed by atoms with Crippen molar-refractivity contribution in [2.45, 2.75) is 13.0 Å². The topological polar surface area (TPSA) is 60.5 Å². The first-order valence-corrected chi connectivity index (χ1v) is 7.33. The fraction of sp³-hybridized carbons (Fsp3) is 0.250. The molecule has 0 bridgehead atoms. The summed E-state index contributed by atoms with van der Waals surface area (Å²) in [5.74, 6) is 0.773. The molecule has 1 aromatic carbocycles. The van der Waals surface area contributed by atoms with Crippen molar-refractivity contribution in [3.63, 3.8) is 0 Å². The van der Waals surface area contributed by atoms with Crippen LogP contribution in [0, 0.1) is 0 Å². The van der Waals surface area contributed by atoms with E-state index < -0.39 is 0 Å². The van der Waals surface area contributed by atoms with Gasteiger partial charge in [0.25, 0.3) is 5.91 Å². The van der Waals surface area contributed by atoms with E-state index in [4.69, 9.17) is 21.1 Å². The van der Waals surface area contributed by atoms with Crippen molar-refractivity contribution in [2.75, 3.05) is 13.2 Å². The van der Waals surface area contributed by atoms with Gasteiger partial charge >= 0.3 is 0 Å². The molecule has 1 unspecified atom stereocenters. The van der Waals surface area contributed by atoms with Gasteiger partial charge in [-0.2, -0.15) is 0 Å². The Balaban J connectivity index is 1.79. The quantitative estimate of drug-likeness (QED) is 0.945. The molecule has 0 saturated heterocycles. The van der Waals surface area contributed by atoms with Crippen LogP contribution < -0.4 is 14.8 Å². The molecule has 2 aromatic rings. The van der Waals surface area contributed by atoms with Crippen molar-refractivity contribution in [1.82, 2.24) is 10.3 Å². The third-order valence-corrected chi connectivity index (χ3v) is 3.69. The molecular weight excluding hydrogens is 304 g/mol. The number of ether oxygens (including phenoxy) is 2. The van der Waals surface area contributed by atoms with E-state index >= 15 is 0 Å². The van der Waals surface area contributed by atoms with Crippen molar-refractivity contribution in [3.8, 4) is 11.5 Å². The number of pyridine rings is 1. The first kappa shape index (κ1) is 14.7. The first-order chi connectivity index (χ1) is 10.6. The molecule has 0 saturated carbocycles. The highest BCUT2D eigenvalue weighted by Crippen LogP contribution is 2.38. The minimum atomic E-state index is -0.219. The van der Waals surface area contributed by atoms with Crippen LogP contribution in [-0.2, 0) is 0 Å². The Bertz CT molecular complexity index is 691. The molecule has 114 valence electrons. The van der Waals surface area contributed by atoms with Crippen LogP contribution in [0.4, 0.5) is 0 Å². The van der Waals surface area contributed by atoms with Gasteiger partial charge in [0.15, 0.2) is 11.5 Å². The average molecular weight is 319 g/mol. The minimum Gasteiger partial charge on any atom is -0.486 e. The summed E-state index contributed by atoms with van der Waals surface area (Å²) in [6.07, 6.45) is 3.39. The molecule has 3 rings (SSSR count). The normalized spacial score (nSPS) is 14.3.